The number of carbonyl (C=O) groups is 2. The van der Waals surface area contributed by atoms with Crippen LogP contribution in [0.3, 0.4) is 0 Å². The Hall–Kier alpha value is -2.88. The summed E-state index contributed by atoms with van der Waals surface area (Å²) in [6.45, 7) is 5.22. The normalized spacial score (nSPS) is 24.3. The number of hydrogen-bond donors (Lipinski definition) is 2. The number of hydrogen-bond acceptors (Lipinski definition) is 5. The van der Waals surface area contributed by atoms with E-state index in [1.807, 2.05) is 6.92 Å². The second-order valence-electron chi connectivity index (χ2n) is 9.70. The molecule has 1 saturated heterocycles. The Kier molecular flexibility index (Phi) is 7.49. The molecule has 1 aromatic heterocycles. The number of nitrogens with zero attached hydrogens (tertiary/aromatic N) is 2. The number of likely N-dealkylation sites (tertiary alicyclic amines) is 1. The molecule has 0 radical (unpaired) electrons. The van der Waals surface area contributed by atoms with Crippen molar-refractivity contribution < 1.29 is 32.4 Å². The quantitative estimate of drug-likeness (QED) is 0.641. The molecule has 0 spiro atoms. The molecule has 35 heavy (non-hydrogen) atoms. The van der Waals surface area contributed by atoms with Crippen molar-refractivity contribution in [2.75, 3.05) is 19.6 Å². The number of aryl methyl sites for hydroxylation is 1. The van der Waals surface area contributed by atoms with Gasteiger partial charge in [0.05, 0.1) is 6.04 Å². The van der Waals surface area contributed by atoms with Crippen LogP contribution in [0.4, 0.5) is 13.2 Å². The number of fused-ring (bicyclic) bond motifs is 3. The predicted molar refractivity (Wildman–Crippen MR) is 121 cm³/mol. The first-order chi connectivity index (χ1) is 16.6. The largest absolute Gasteiger partial charge is 0.490 e. The van der Waals surface area contributed by atoms with E-state index in [-0.39, 0.29) is 11.9 Å². The maximum Gasteiger partial charge on any atom is 0.490 e. The molecule has 10 heteroatoms. The summed E-state index contributed by atoms with van der Waals surface area (Å²) in [4.78, 5) is 24.3. The lowest BCUT2D eigenvalue weighted by Gasteiger charge is -2.28. The van der Waals surface area contributed by atoms with E-state index in [9.17, 15) is 18.0 Å². The number of halogens is 3. The lowest BCUT2D eigenvalue weighted by molar-refractivity contribution is -0.192. The Morgan fingerprint density at radius 1 is 1.14 bits per heavy atom. The highest BCUT2D eigenvalue weighted by atomic mass is 19.4. The Morgan fingerprint density at radius 2 is 1.80 bits per heavy atom. The van der Waals surface area contributed by atoms with Crippen LogP contribution in [0, 0.1) is 18.8 Å². The third-order valence-corrected chi connectivity index (χ3v) is 7.23. The molecule has 190 valence electrons. The monoisotopic (exact) mass is 493 g/mol. The number of aliphatic carboxylic acids is 1. The molecule has 2 N–H and O–H groups in total. The van der Waals surface area contributed by atoms with Crippen LogP contribution in [0.5, 0.6) is 0 Å². The highest BCUT2D eigenvalue weighted by molar-refractivity contribution is 5.92. The van der Waals surface area contributed by atoms with E-state index >= 15 is 0 Å². The van der Waals surface area contributed by atoms with Gasteiger partial charge in [0.15, 0.2) is 5.69 Å². The van der Waals surface area contributed by atoms with Gasteiger partial charge >= 0.3 is 12.1 Å². The highest BCUT2D eigenvalue weighted by Gasteiger charge is 2.47. The van der Waals surface area contributed by atoms with E-state index in [1.165, 1.54) is 49.8 Å². The molecule has 3 atom stereocenters. The molecule has 2 heterocycles. The van der Waals surface area contributed by atoms with Gasteiger partial charge in [0.1, 0.15) is 5.76 Å². The fourth-order valence-electron chi connectivity index (χ4n) is 5.70. The van der Waals surface area contributed by atoms with Gasteiger partial charge < -0.3 is 19.8 Å². The summed E-state index contributed by atoms with van der Waals surface area (Å²) < 4.78 is 36.8. The van der Waals surface area contributed by atoms with E-state index in [0.29, 0.717) is 23.3 Å². The molecule has 3 aliphatic rings. The molecule has 7 nitrogen and oxygen atoms in total. The Bertz CT molecular complexity index is 1050. The lowest BCUT2D eigenvalue weighted by Crippen LogP contribution is -2.35. The van der Waals surface area contributed by atoms with Crippen molar-refractivity contribution in [1.82, 2.24) is 15.4 Å². The molecular weight excluding hydrogens is 463 g/mol. The van der Waals surface area contributed by atoms with Crippen molar-refractivity contribution in [1.29, 1.82) is 0 Å². The summed E-state index contributed by atoms with van der Waals surface area (Å²) in [5.74, 6) is -0.416. The summed E-state index contributed by atoms with van der Waals surface area (Å²) in [6.07, 6.45) is 1.88. The summed E-state index contributed by atoms with van der Waals surface area (Å²) in [6, 6.07) is 10.4. The highest BCUT2D eigenvalue weighted by Crippen LogP contribution is 2.49. The number of carboxylic acids is 1. The molecule has 1 aliphatic heterocycles. The maximum absolute atomic E-state index is 12.8. The molecule has 0 bridgehead atoms. The SMILES string of the molecule is Cc1cc(C(=O)N[C@@H]2c3ccccc3[C@@H]3CN(CC4CCCCC4)C[C@H]23)no1.O=C(O)C(F)(F)F. The minimum Gasteiger partial charge on any atom is -0.475 e. The number of amides is 1. The van der Waals surface area contributed by atoms with Gasteiger partial charge in [0.2, 0.25) is 0 Å². The number of rotatable bonds is 4. The first-order valence-corrected chi connectivity index (χ1v) is 12.0. The summed E-state index contributed by atoms with van der Waals surface area (Å²) in [7, 11) is 0. The third-order valence-electron chi connectivity index (χ3n) is 7.23. The lowest BCUT2D eigenvalue weighted by atomic mass is 9.89. The average molecular weight is 494 g/mol. The maximum atomic E-state index is 12.8. The topological polar surface area (TPSA) is 95.7 Å². The van der Waals surface area contributed by atoms with Crippen LogP contribution in [-0.2, 0) is 4.79 Å². The average Bonchev–Trinajstić information content (AvgIpc) is 3.50. The van der Waals surface area contributed by atoms with Crippen molar-refractivity contribution >= 4 is 11.9 Å². The standard InChI is InChI=1S/C23H29N3O2.C2HF3O2/c1-15-11-21(25-28-15)23(27)24-22-18-10-6-5-9-17(18)19-13-26(14-20(19)22)12-16-7-3-2-4-8-16;3-2(4,5)1(6)7/h5-6,9-11,16,19-20,22H,2-4,7-8,12-14H2,1H3,(H,24,27);(H,6,7)/t19-,20-,22+;/m0./s1. The first kappa shape index (κ1) is 25.2. The molecule has 1 saturated carbocycles. The van der Waals surface area contributed by atoms with Crippen LogP contribution in [0.25, 0.3) is 0 Å². The van der Waals surface area contributed by atoms with E-state index in [4.69, 9.17) is 14.4 Å². The van der Waals surface area contributed by atoms with Gasteiger partial charge in [-0.1, -0.05) is 48.7 Å². The van der Waals surface area contributed by atoms with Crippen LogP contribution in [0.2, 0.25) is 0 Å². The summed E-state index contributed by atoms with van der Waals surface area (Å²) in [5, 5.41) is 14.3. The molecule has 5 rings (SSSR count). The van der Waals surface area contributed by atoms with E-state index < -0.39 is 12.1 Å². The van der Waals surface area contributed by atoms with Crippen molar-refractivity contribution in [2.45, 2.75) is 57.2 Å². The molecule has 1 aromatic carbocycles. The molecule has 2 aromatic rings. The number of nitrogens with one attached hydrogen (secondary N) is 1. The zero-order chi connectivity index (χ0) is 25.2. The van der Waals surface area contributed by atoms with E-state index in [0.717, 1.165) is 19.0 Å². The van der Waals surface area contributed by atoms with Crippen molar-refractivity contribution in [2.24, 2.45) is 11.8 Å². The van der Waals surface area contributed by atoms with Crippen molar-refractivity contribution in [3.63, 3.8) is 0 Å². The van der Waals surface area contributed by atoms with Gasteiger partial charge in [-0.2, -0.15) is 13.2 Å². The smallest absolute Gasteiger partial charge is 0.475 e. The predicted octanol–water partition coefficient (Wildman–Crippen LogP) is 4.70. The van der Waals surface area contributed by atoms with Gasteiger partial charge in [-0.05, 0) is 36.8 Å². The summed E-state index contributed by atoms with van der Waals surface area (Å²) >= 11 is 0. The van der Waals surface area contributed by atoms with Gasteiger partial charge in [-0.25, -0.2) is 4.79 Å². The number of aromatic nitrogens is 1. The fraction of sp³-hybridized carbons (Fsp3) is 0.560. The van der Waals surface area contributed by atoms with Crippen LogP contribution in [-0.4, -0.2) is 52.9 Å². The van der Waals surface area contributed by atoms with Crippen LogP contribution in [0.1, 0.15) is 71.4 Å². The van der Waals surface area contributed by atoms with E-state index in [1.54, 1.807) is 6.07 Å². The molecule has 0 unspecified atom stereocenters. The molecule has 1 amide bonds. The zero-order valence-corrected chi connectivity index (χ0v) is 19.6. The third kappa shape index (κ3) is 5.86. The minimum absolute atomic E-state index is 0.0575. The first-order valence-electron chi connectivity index (χ1n) is 12.0. The van der Waals surface area contributed by atoms with Gasteiger partial charge in [0.25, 0.3) is 5.91 Å². The number of benzene rings is 1. The minimum atomic E-state index is -5.08. The Morgan fingerprint density at radius 3 is 2.40 bits per heavy atom. The van der Waals surface area contributed by atoms with Crippen LogP contribution >= 0.6 is 0 Å². The fourth-order valence-corrected chi connectivity index (χ4v) is 5.70. The Balaban J connectivity index is 0.000000364. The zero-order valence-electron chi connectivity index (χ0n) is 19.6. The van der Waals surface area contributed by atoms with E-state index in [2.05, 4.69) is 39.6 Å². The number of carboxylic acid groups (broad SMARTS) is 1. The van der Waals surface area contributed by atoms with Gasteiger partial charge in [0, 0.05) is 37.5 Å². The Labute approximate surface area is 201 Å². The molecule has 2 fully saturated rings. The second kappa shape index (κ2) is 10.4. The van der Waals surface area contributed by atoms with Crippen molar-refractivity contribution in [3.8, 4) is 0 Å². The number of alkyl halides is 3. The van der Waals surface area contributed by atoms with Crippen LogP contribution in [0.15, 0.2) is 34.9 Å². The van der Waals surface area contributed by atoms with Crippen LogP contribution < -0.4 is 5.32 Å². The number of carbonyl (C=O) groups excluding carboxylic acids is 1. The van der Waals surface area contributed by atoms with Crippen molar-refractivity contribution in [3.05, 3.63) is 52.9 Å². The van der Waals surface area contributed by atoms with Gasteiger partial charge in [-0.3, -0.25) is 4.79 Å². The second-order valence-corrected chi connectivity index (χ2v) is 9.70. The van der Waals surface area contributed by atoms with Gasteiger partial charge in [-0.15, -0.1) is 0 Å². The summed E-state index contributed by atoms with van der Waals surface area (Å²) in [5.41, 5.74) is 3.07. The molecular formula is C25H30F3N3O4. The molecule has 2 aliphatic carbocycles.